The molecule has 0 unspecified atom stereocenters. The highest BCUT2D eigenvalue weighted by atomic mass is 16.5. The minimum atomic E-state index is -1.09. The summed E-state index contributed by atoms with van der Waals surface area (Å²) in [5.74, 6) is -0.776. The van der Waals surface area contributed by atoms with Crippen LogP contribution in [-0.2, 0) is 16.1 Å². The second-order valence-electron chi connectivity index (χ2n) is 5.52. The Labute approximate surface area is 159 Å². The minimum Gasteiger partial charge on any atom is -0.481 e. The SMILES string of the molecule is O=C(O)COc1ccccc1/C=N/NC(=O)Cn1nnc(-c2ccccc2)n1. The number of benzene rings is 2. The molecule has 0 fully saturated rings. The molecule has 1 heterocycles. The molecule has 3 aromatic rings. The fraction of sp³-hybridized carbons (Fsp3) is 0.111. The van der Waals surface area contributed by atoms with Crippen LogP contribution in [0.2, 0.25) is 0 Å². The van der Waals surface area contributed by atoms with Crippen LogP contribution in [0.15, 0.2) is 59.7 Å². The number of nitrogens with zero attached hydrogens (tertiary/aromatic N) is 5. The summed E-state index contributed by atoms with van der Waals surface area (Å²) in [6.07, 6.45) is 1.36. The lowest BCUT2D eigenvalue weighted by Gasteiger charge is -2.06. The highest BCUT2D eigenvalue weighted by Gasteiger charge is 2.09. The lowest BCUT2D eigenvalue weighted by atomic mass is 10.2. The standard InChI is InChI=1S/C18H16N6O4/c25-16(11-24-22-18(21-23-24)13-6-2-1-3-7-13)20-19-10-14-8-4-5-9-15(14)28-12-17(26)27/h1-10H,11-12H2,(H,20,25)(H,26,27)/b19-10+. The molecule has 10 nitrogen and oxygen atoms in total. The molecule has 0 radical (unpaired) electrons. The predicted octanol–water partition coefficient (Wildman–Crippen LogP) is 0.954. The first-order valence-corrected chi connectivity index (χ1v) is 8.20. The van der Waals surface area contributed by atoms with Gasteiger partial charge in [-0.1, -0.05) is 42.5 Å². The second-order valence-corrected chi connectivity index (χ2v) is 5.52. The molecule has 28 heavy (non-hydrogen) atoms. The van der Waals surface area contributed by atoms with Gasteiger partial charge in [0, 0.05) is 11.1 Å². The van der Waals surface area contributed by atoms with Crippen LogP contribution in [0.25, 0.3) is 11.4 Å². The van der Waals surface area contributed by atoms with Gasteiger partial charge in [0.15, 0.2) is 6.61 Å². The molecule has 3 rings (SSSR count). The van der Waals surface area contributed by atoms with E-state index in [2.05, 4.69) is 25.9 Å². The molecule has 142 valence electrons. The van der Waals surface area contributed by atoms with Gasteiger partial charge in [-0.25, -0.2) is 10.2 Å². The van der Waals surface area contributed by atoms with E-state index in [4.69, 9.17) is 9.84 Å². The zero-order chi connectivity index (χ0) is 19.8. The van der Waals surface area contributed by atoms with Crippen molar-refractivity contribution in [1.29, 1.82) is 0 Å². The van der Waals surface area contributed by atoms with Gasteiger partial charge in [-0.2, -0.15) is 9.90 Å². The second kappa shape index (κ2) is 9.03. The number of hydrazone groups is 1. The summed E-state index contributed by atoms with van der Waals surface area (Å²) in [4.78, 5) is 23.8. The Morgan fingerprint density at radius 2 is 1.89 bits per heavy atom. The van der Waals surface area contributed by atoms with Crippen molar-refractivity contribution in [3.8, 4) is 17.1 Å². The van der Waals surface area contributed by atoms with E-state index in [0.717, 1.165) is 10.4 Å². The Morgan fingerprint density at radius 3 is 2.68 bits per heavy atom. The minimum absolute atomic E-state index is 0.158. The van der Waals surface area contributed by atoms with Crippen LogP contribution < -0.4 is 10.2 Å². The number of carboxylic acids is 1. The van der Waals surface area contributed by atoms with Crippen molar-refractivity contribution in [2.45, 2.75) is 6.54 Å². The molecule has 0 spiro atoms. The molecule has 0 saturated carbocycles. The summed E-state index contributed by atoms with van der Waals surface area (Å²) < 4.78 is 5.16. The van der Waals surface area contributed by atoms with Crippen molar-refractivity contribution in [3.63, 3.8) is 0 Å². The van der Waals surface area contributed by atoms with Crippen molar-refractivity contribution in [1.82, 2.24) is 25.6 Å². The smallest absolute Gasteiger partial charge is 0.341 e. The Kier molecular flexibility index (Phi) is 6.03. The van der Waals surface area contributed by atoms with Gasteiger partial charge in [0.1, 0.15) is 12.3 Å². The third kappa shape index (κ3) is 5.21. The molecule has 1 amide bonds. The molecule has 0 saturated heterocycles. The molecular formula is C18H16N6O4. The maximum Gasteiger partial charge on any atom is 0.341 e. The number of carbonyl (C=O) groups is 2. The number of para-hydroxylation sites is 1. The van der Waals surface area contributed by atoms with E-state index in [1.165, 1.54) is 6.21 Å². The van der Waals surface area contributed by atoms with E-state index < -0.39 is 18.5 Å². The number of amides is 1. The third-order valence-electron chi connectivity index (χ3n) is 3.43. The fourth-order valence-corrected chi connectivity index (χ4v) is 2.21. The zero-order valence-corrected chi connectivity index (χ0v) is 14.6. The largest absolute Gasteiger partial charge is 0.481 e. The molecule has 0 aliphatic heterocycles. The van der Waals surface area contributed by atoms with Gasteiger partial charge >= 0.3 is 5.97 Å². The normalized spacial score (nSPS) is 10.7. The lowest BCUT2D eigenvalue weighted by Crippen LogP contribution is -2.24. The molecule has 0 bridgehead atoms. The predicted molar refractivity (Wildman–Crippen MR) is 98.6 cm³/mol. The Balaban J connectivity index is 1.56. The number of tetrazole rings is 1. The number of ether oxygens (including phenoxy) is 1. The average molecular weight is 380 g/mol. The fourth-order valence-electron chi connectivity index (χ4n) is 2.21. The Hall–Kier alpha value is -4.08. The van der Waals surface area contributed by atoms with Crippen LogP contribution in [0.1, 0.15) is 5.56 Å². The van der Waals surface area contributed by atoms with Gasteiger partial charge in [-0.05, 0) is 17.3 Å². The molecule has 0 aliphatic carbocycles. The summed E-state index contributed by atoms with van der Waals surface area (Å²) in [6, 6.07) is 16.0. The average Bonchev–Trinajstić information content (AvgIpc) is 3.16. The van der Waals surface area contributed by atoms with E-state index in [-0.39, 0.29) is 6.54 Å². The molecule has 2 aromatic carbocycles. The van der Waals surface area contributed by atoms with E-state index >= 15 is 0 Å². The summed E-state index contributed by atoms with van der Waals surface area (Å²) >= 11 is 0. The first kappa shape index (κ1) is 18.7. The van der Waals surface area contributed by atoms with Gasteiger partial charge < -0.3 is 9.84 Å². The number of aromatic nitrogens is 4. The van der Waals surface area contributed by atoms with Crippen LogP contribution in [-0.4, -0.2) is 50.0 Å². The topological polar surface area (TPSA) is 132 Å². The van der Waals surface area contributed by atoms with Crippen LogP contribution in [0.5, 0.6) is 5.75 Å². The van der Waals surface area contributed by atoms with Gasteiger partial charge in [0.25, 0.3) is 5.91 Å². The van der Waals surface area contributed by atoms with E-state index in [1.54, 1.807) is 24.3 Å². The third-order valence-corrected chi connectivity index (χ3v) is 3.43. The molecule has 0 aliphatic rings. The monoisotopic (exact) mass is 380 g/mol. The Morgan fingerprint density at radius 1 is 1.14 bits per heavy atom. The quantitative estimate of drug-likeness (QED) is 0.439. The van der Waals surface area contributed by atoms with Gasteiger partial charge in [-0.3, -0.25) is 4.79 Å². The number of carboxylic acid groups (broad SMARTS) is 1. The summed E-state index contributed by atoms with van der Waals surface area (Å²) in [6.45, 7) is -0.632. The first-order valence-electron chi connectivity index (χ1n) is 8.20. The van der Waals surface area contributed by atoms with Crippen molar-refractivity contribution < 1.29 is 19.4 Å². The maximum atomic E-state index is 12.0. The number of rotatable bonds is 8. The van der Waals surface area contributed by atoms with Crippen LogP contribution in [0.4, 0.5) is 0 Å². The maximum absolute atomic E-state index is 12.0. The number of hydrogen-bond donors (Lipinski definition) is 2. The molecule has 0 atom stereocenters. The molecule has 10 heteroatoms. The van der Waals surface area contributed by atoms with E-state index in [1.807, 2.05) is 30.3 Å². The number of aliphatic carboxylic acids is 1. The van der Waals surface area contributed by atoms with Crippen LogP contribution in [0.3, 0.4) is 0 Å². The summed E-state index contributed by atoms with van der Waals surface area (Å²) in [5.41, 5.74) is 3.67. The summed E-state index contributed by atoms with van der Waals surface area (Å²) in [7, 11) is 0. The zero-order valence-electron chi connectivity index (χ0n) is 14.6. The van der Waals surface area contributed by atoms with Gasteiger partial charge in [0.2, 0.25) is 5.82 Å². The van der Waals surface area contributed by atoms with E-state index in [9.17, 15) is 9.59 Å². The van der Waals surface area contributed by atoms with Crippen LogP contribution >= 0.6 is 0 Å². The number of hydrogen-bond acceptors (Lipinski definition) is 7. The Bertz CT molecular complexity index is 987. The van der Waals surface area contributed by atoms with Crippen molar-refractivity contribution in [3.05, 3.63) is 60.2 Å². The first-order chi connectivity index (χ1) is 13.6. The molecule has 2 N–H and O–H groups in total. The van der Waals surface area contributed by atoms with Crippen molar-refractivity contribution >= 4 is 18.1 Å². The molecular weight excluding hydrogens is 364 g/mol. The summed E-state index contributed by atoms with van der Waals surface area (Å²) in [5, 5.41) is 24.4. The van der Waals surface area contributed by atoms with E-state index in [0.29, 0.717) is 17.1 Å². The highest BCUT2D eigenvalue weighted by molar-refractivity contribution is 5.85. The van der Waals surface area contributed by atoms with Gasteiger partial charge in [-0.15, -0.1) is 10.2 Å². The highest BCUT2D eigenvalue weighted by Crippen LogP contribution is 2.15. The van der Waals surface area contributed by atoms with Gasteiger partial charge in [0.05, 0.1) is 6.21 Å². The van der Waals surface area contributed by atoms with Crippen molar-refractivity contribution in [2.75, 3.05) is 6.61 Å². The van der Waals surface area contributed by atoms with Crippen LogP contribution in [0, 0.1) is 0 Å². The number of carbonyl (C=O) groups excluding carboxylic acids is 1. The molecule has 1 aromatic heterocycles. The van der Waals surface area contributed by atoms with Crippen molar-refractivity contribution in [2.24, 2.45) is 5.10 Å². The lowest BCUT2D eigenvalue weighted by molar-refractivity contribution is -0.139. The number of nitrogens with one attached hydrogen (secondary N) is 1.